The van der Waals surface area contributed by atoms with Crippen molar-refractivity contribution < 1.29 is 36.3 Å². The highest BCUT2D eigenvalue weighted by atomic mass is 32.2. The Morgan fingerprint density at radius 2 is 1.85 bits per heavy atom. The van der Waals surface area contributed by atoms with Gasteiger partial charge in [0.05, 0.1) is 5.75 Å². The van der Waals surface area contributed by atoms with Crippen molar-refractivity contribution in [1.82, 2.24) is 4.72 Å². The molecule has 0 aromatic rings. The molecule has 0 unspecified atom stereocenters. The quantitative estimate of drug-likeness (QED) is 0.550. The molecular formula is C9H15F3N2O5S. The highest BCUT2D eigenvalue weighted by Crippen LogP contribution is 2.21. The van der Waals surface area contributed by atoms with Crippen LogP contribution in [-0.2, 0) is 19.6 Å². The van der Waals surface area contributed by atoms with Crippen molar-refractivity contribution in [3.63, 3.8) is 0 Å². The Morgan fingerprint density at radius 3 is 2.25 bits per heavy atom. The number of amides is 1. The highest BCUT2D eigenvalue weighted by Gasteiger charge is 2.29. The van der Waals surface area contributed by atoms with Gasteiger partial charge in [-0.2, -0.15) is 13.2 Å². The number of carboxylic acids is 1. The first kappa shape index (κ1) is 18.6. The predicted molar refractivity (Wildman–Crippen MR) is 62.1 cm³/mol. The normalized spacial score (nSPS) is 13.9. The van der Waals surface area contributed by atoms with Crippen molar-refractivity contribution in [2.24, 2.45) is 5.73 Å². The number of hydrogen-bond donors (Lipinski definition) is 3. The van der Waals surface area contributed by atoms with Gasteiger partial charge in [-0.05, 0) is 12.8 Å². The lowest BCUT2D eigenvalue weighted by Gasteiger charge is -2.14. The maximum atomic E-state index is 11.9. The summed E-state index contributed by atoms with van der Waals surface area (Å²) in [5.41, 5.74) is 4.80. The molecule has 0 spiro atoms. The van der Waals surface area contributed by atoms with Crippen molar-refractivity contribution in [2.45, 2.75) is 37.9 Å². The first-order chi connectivity index (χ1) is 8.93. The predicted octanol–water partition coefficient (Wildman–Crippen LogP) is -0.0330. The number of halogens is 3. The van der Waals surface area contributed by atoms with Gasteiger partial charge in [0.2, 0.25) is 15.9 Å². The molecule has 20 heavy (non-hydrogen) atoms. The molecule has 0 heterocycles. The number of carbonyl (C=O) groups is 2. The van der Waals surface area contributed by atoms with Crippen LogP contribution in [0.4, 0.5) is 13.2 Å². The topological polar surface area (TPSA) is 127 Å². The third-order valence-electron chi connectivity index (χ3n) is 2.17. The Balaban J connectivity index is 4.45. The van der Waals surface area contributed by atoms with Gasteiger partial charge in [-0.1, -0.05) is 0 Å². The largest absolute Gasteiger partial charge is 0.480 e. The number of alkyl halides is 3. The zero-order valence-electron chi connectivity index (χ0n) is 10.3. The van der Waals surface area contributed by atoms with Gasteiger partial charge in [-0.25, -0.2) is 13.1 Å². The van der Waals surface area contributed by atoms with E-state index in [0.29, 0.717) is 0 Å². The molecule has 118 valence electrons. The Kier molecular flexibility index (Phi) is 6.92. The molecule has 0 rings (SSSR count). The van der Waals surface area contributed by atoms with E-state index in [9.17, 15) is 31.2 Å². The molecule has 4 N–H and O–H groups in total. The van der Waals surface area contributed by atoms with Gasteiger partial charge in [-0.3, -0.25) is 9.59 Å². The monoisotopic (exact) mass is 320 g/mol. The van der Waals surface area contributed by atoms with E-state index in [1.165, 1.54) is 0 Å². The van der Waals surface area contributed by atoms with E-state index in [-0.39, 0.29) is 12.8 Å². The van der Waals surface area contributed by atoms with Gasteiger partial charge in [0.25, 0.3) is 0 Å². The minimum absolute atomic E-state index is 0.359. The maximum absolute atomic E-state index is 11.9. The van der Waals surface area contributed by atoms with Crippen molar-refractivity contribution in [3.8, 4) is 0 Å². The van der Waals surface area contributed by atoms with Crippen LogP contribution in [0, 0.1) is 0 Å². The van der Waals surface area contributed by atoms with Crippen LogP contribution >= 0.6 is 0 Å². The molecule has 0 aliphatic heterocycles. The standard InChI is InChI=1S/C9H15F3N2O5S/c10-9(11,12)4-1-5-20(18,19)14-6(8(16)17)2-3-7(13)15/h6,14H,1-5H2,(H2,13,15)(H,16,17)/t6-/m0/s1. The second-order valence-corrected chi connectivity index (χ2v) is 5.92. The van der Waals surface area contributed by atoms with Crippen LogP contribution < -0.4 is 10.5 Å². The van der Waals surface area contributed by atoms with Crippen LogP contribution in [0.2, 0.25) is 0 Å². The summed E-state index contributed by atoms with van der Waals surface area (Å²) in [4.78, 5) is 21.3. The molecule has 1 atom stereocenters. The zero-order valence-corrected chi connectivity index (χ0v) is 11.1. The smallest absolute Gasteiger partial charge is 0.389 e. The first-order valence-corrected chi connectivity index (χ1v) is 7.16. The second-order valence-electron chi connectivity index (χ2n) is 4.05. The molecule has 0 aromatic carbocycles. The minimum Gasteiger partial charge on any atom is -0.480 e. The molecule has 0 aliphatic rings. The first-order valence-electron chi connectivity index (χ1n) is 5.51. The molecule has 0 aliphatic carbocycles. The maximum Gasteiger partial charge on any atom is 0.389 e. The number of nitrogens with one attached hydrogen (secondary N) is 1. The SMILES string of the molecule is NC(=O)CC[C@H](NS(=O)(=O)CCCC(F)(F)F)C(=O)O. The Bertz CT molecular complexity index is 449. The molecule has 7 nitrogen and oxygen atoms in total. The van der Waals surface area contributed by atoms with Gasteiger partial charge in [0.1, 0.15) is 6.04 Å². The summed E-state index contributed by atoms with van der Waals surface area (Å²) in [6.45, 7) is 0. The van der Waals surface area contributed by atoms with Crippen molar-refractivity contribution in [3.05, 3.63) is 0 Å². The number of carboxylic acid groups (broad SMARTS) is 1. The Morgan fingerprint density at radius 1 is 1.30 bits per heavy atom. The van der Waals surface area contributed by atoms with Gasteiger partial charge < -0.3 is 10.8 Å². The Hall–Kier alpha value is -1.36. The van der Waals surface area contributed by atoms with Crippen LogP contribution in [0.5, 0.6) is 0 Å². The van der Waals surface area contributed by atoms with E-state index < -0.39 is 52.7 Å². The molecular weight excluding hydrogens is 305 g/mol. The van der Waals surface area contributed by atoms with Crippen LogP contribution in [-0.4, -0.2) is 43.4 Å². The van der Waals surface area contributed by atoms with E-state index in [4.69, 9.17) is 10.8 Å². The van der Waals surface area contributed by atoms with E-state index in [0.717, 1.165) is 0 Å². The van der Waals surface area contributed by atoms with Crippen LogP contribution in [0.3, 0.4) is 0 Å². The lowest BCUT2D eigenvalue weighted by Crippen LogP contribution is -2.42. The summed E-state index contributed by atoms with van der Waals surface area (Å²) in [5.74, 6) is -3.20. The van der Waals surface area contributed by atoms with Crippen molar-refractivity contribution in [1.29, 1.82) is 0 Å². The number of sulfonamides is 1. The van der Waals surface area contributed by atoms with E-state index >= 15 is 0 Å². The molecule has 0 fully saturated rings. The zero-order chi connectivity index (χ0) is 16.0. The average molecular weight is 320 g/mol. The van der Waals surface area contributed by atoms with Crippen molar-refractivity contribution in [2.75, 3.05) is 5.75 Å². The highest BCUT2D eigenvalue weighted by molar-refractivity contribution is 7.89. The molecule has 0 saturated heterocycles. The summed E-state index contributed by atoms with van der Waals surface area (Å²) in [7, 11) is -4.18. The third-order valence-corrected chi connectivity index (χ3v) is 3.64. The van der Waals surface area contributed by atoms with Gasteiger partial charge in [0.15, 0.2) is 0 Å². The number of carbonyl (C=O) groups excluding carboxylic acids is 1. The summed E-state index contributed by atoms with van der Waals surface area (Å²) in [5, 5.41) is 8.75. The molecule has 1 amide bonds. The van der Waals surface area contributed by atoms with Gasteiger partial charge >= 0.3 is 12.1 Å². The van der Waals surface area contributed by atoms with E-state index in [2.05, 4.69) is 0 Å². The lowest BCUT2D eigenvalue weighted by atomic mass is 10.2. The second kappa shape index (κ2) is 7.43. The average Bonchev–Trinajstić information content (AvgIpc) is 2.21. The minimum atomic E-state index is -4.48. The van der Waals surface area contributed by atoms with Crippen LogP contribution in [0.25, 0.3) is 0 Å². The number of primary amides is 1. The molecule has 0 saturated carbocycles. The number of nitrogens with two attached hydrogens (primary N) is 1. The number of aliphatic carboxylic acids is 1. The lowest BCUT2D eigenvalue weighted by molar-refractivity contribution is -0.139. The summed E-state index contributed by atoms with van der Waals surface area (Å²) in [6.07, 6.45) is -7.17. The fourth-order valence-electron chi connectivity index (χ4n) is 1.26. The summed E-state index contributed by atoms with van der Waals surface area (Å²) >= 11 is 0. The molecule has 0 bridgehead atoms. The summed E-state index contributed by atoms with van der Waals surface area (Å²) < 4.78 is 60.2. The van der Waals surface area contributed by atoms with Crippen LogP contribution in [0.1, 0.15) is 25.7 Å². The van der Waals surface area contributed by atoms with Crippen molar-refractivity contribution >= 4 is 21.9 Å². The fraction of sp³-hybridized carbons (Fsp3) is 0.778. The Labute approximate surface area is 113 Å². The number of hydrogen-bond acceptors (Lipinski definition) is 4. The van der Waals surface area contributed by atoms with E-state index in [1.807, 2.05) is 0 Å². The fourth-order valence-corrected chi connectivity index (χ4v) is 2.55. The van der Waals surface area contributed by atoms with E-state index in [1.54, 1.807) is 4.72 Å². The number of rotatable bonds is 9. The van der Waals surface area contributed by atoms with Crippen LogP contribution in [0.15, 0.2) is 0 Å². The molecule has 0 radical (unpaired) electrons. The molecule has 0 aromatic heterocycles. The third kappa shape index (κ3) is 9.55. The van der Waals surface area contributed by atoms with Gasteiger partial charge in [0, 0.05) is 12.8 Å². The van der Waals surface area contributed by atoms with Gasteiger partial charge in [-0.15, -0.1) is 0 Å². The summed E-state index contributed by atoms with van der Waals surface area (Å²) in [6, 6.07) is -1.60. The molecule has 11 heteroatoms.